The van der Waals surface area contributed by atoms with Gasteiger partial charge in [0.05, 0.1) is 0 Å². The van der Waals surface area contributed by atoms with E-state index in [-0.39, 0.29) is 10.8 Å². The Bertz CT molecular complexity index is 1650. The van der Waals surface area contributed by atoms with E-state index in [4.69, 9.17) is 0 Å². The van der Waals surface area contributed by atoms with Crippen molar-refractivity contribution >= 4 is 3.21 Å². The van der Waals surface area contributed by atoms with Crippen LogP contribution in [0.3, 0.4) is 0 Å². The molecule has 3 aromatic rings. The van der Waals surface area contributed by atoms with E-state index in [2.05, 4.69) is 143 Å². The third kappa shape index (κ3) is 5.95. The number of rotatable bonds is 4. The molecule has 1 saturated carbocycles. The molecule has 0 spiro atoms. The second kappa shape index (κ2) is 11.8. The average Bonchev–Trinajstić information content (AvgIpc) is 3.50. The van der Waals surface area contributed by atoms with Crippen LogP contribution in [0.15, 0.2) is 75.6 Å². The molecule has 236 valence electrons. The van der Waals surface area contributed by atoms with E-state index < -0.39 is 21.3 Å². The Morgan fingerprint density at radius 3 is 1.76 bits per heavy atom. The van der Waals surface area contributed by atoms with Crippen molar-refractivity contribution in [2.45, 2.75) is 123 Å². The number of aryl methyl sites for hydroxylation is 2. The average molecular weight is 676 g/mol. The summed E-state index contributed by atoms with van der Waals surface area (Å²) in [7, 11) is 0. The Morgan fingerprint density at radius 2 is 1.27 bits per heavy atom. The summed E-state index contributed by atoms with van der Waals surface area (Å²) in [5.41, 5.74) is 15.8. The zero-order valence-electron chi connectivity index (χ0n) is 30.0. The van der Waals surface area contributed by atoms with Crippen molar-refractivity contribution in [2.75, 3.05) is 0 Å². The molecule has 0 radical (unpaired) electrons. The SMILES string of the molecule is C[C](c1ccccc1)=[Zr]([C]1=CC(C2(C)CCCCC2)=CC1C)[CH]1c2cc(C)c(C(C)(C)C)cc2-c2cc(C(C)(C)C)c(C)cc21. The van der Waals surface area contributed by atoms with E-state index >= 15 is 0 Å². The van der Waals surface area contributed by atoms with Crippen LogP contribution in [0.5, 0.6) is 0 Å². The fourth-order valence-electron chi connectivity index (χ4n) is 8.97. The molecule has 1 fully saturated rings. The molecule has 3 aromatic carbocycles. The van der Waals surface area contributed by atoms with Gasteiger partial charge in [0, 0.05) is 0 Å². The Morgan fingerprint density at radius 1 is 0.756 bits per heavy atom. The van der Waals surface area contributed by atoms with Gasteiger partial charge in [-0.25, -0.2) is 0 Å². The van der Waals surface area contributed by atoms with Gasteiger partial charge in [0.2, 0.25) is 0 Å². The van der Waals surface area contributed by atoms with E-state index in [0.29, 0.717) is 15.0 Å². The third-order valence-corrected chi connectivity index (χ3v) is 20.1. The van der Waals surface area contributed by atoms with Crippen molar-refractivity contribution in [3.63, 3.8) is 0 Å². The van der Waals surface area contributed by atoms with E-state index in [0.717, 1.165) is 0 Å². The van der Waals surface area contributed by atoms with E-state index in [1.54, 1.807) is 23.2 Å². The van der Waals surface area contributed by atoms with Crippen LogP contribution in [0, 0.1) is 25.2 Å². The normalized spacial score (nSPS) is 20.4. The van der Waals surface area contributed by atoms with Gasteiger partial charge in [-0.3, -0.25) is 0 Å². The molecule has 1 unspecified atom stereocenters. The summed E-state index contributed by atoms with van der Waals surface area (Å²) in [5.74, 6) is 0.518. The van der Waals surface area contributed by atoms with Crippen LogP contribution in [-0.2, 0) is 32.1 Å². The molecule has 0 nitrogen and oxygen atoms in total. The fourth-order valence-corrected chi connectivity index (χ4v) is 18.0. The molecule has 0 aromatic heterocycles. The van der Waals surface area contributed by atoms with Gasteiger partial charge in [0.25, 0.3) is 0 Å². The fraction of sp³-hybridized carbons (Fsp3) is 0.477. The molecule has 0 N–H and O–H groups in total. The summed E-state index contributed by atoms with van der Waals surface area (Å²) in [6.45, 7) is 26.6. The summed E-state index contributed by atoms with van der Waals surface area (Å²) >= 11 is -2.59. The predicted octanol–water partition coefficient (Wildman–Crippen LogP) is 12.3. The summed E-state index contributed by atoms with van der Waals surface area (Å²) in [5, 5.41) is 0. The van der Waals surface area contributed by atoms with E-state index in [1.807, 2.05) is 0 Å². The molecule has 3 aliphatic rings. The summed E-state index contributed by atoms with van der Waals surface area (Å²) in [6, 6.07) is 21.9. The summed E-state index contributed by atoms with van der Waals surface area (Å²) in [6.07, 6.45) is 12.3. The standard InChI is InChI=1S/C23H29.C13H19.C8H8.Zr/c1-14-9-16-11-17-10-15(2)21(23(6,7)8)13-19(17)18(16)12-20(14)22(3,4)5;1-11-6-7-12(10-11)13(2)8-4-3-5-9-13;1-2-8-6-4-3-5-7-8;/h9-13H,1-8H3;7,10-11H,3-5,8-9H2,1-2H3;3-7H,1H3;. The first-order valence-corrected chi connectivity index (χ1v) is 21.5. The molecule has 0 saturated heterocycles. The first-order valence-electron chi connectivity index (χ1n) is 17.6. The predicted molar refractivity (Wildman–Crippen MR) is 193 cm³/mol. The van der Waals surface area contributed by atoms with Gasteiger partial charge in [-0.2, -0.15) is 0 Å². The van der Waals surface area contributed by atoms with Crippen LogP contribution in [0.1, 0.15) is 137 Å². The van der Waals surface area contributed by atoms with Crippen LogP contribution in [0.25, 0.3) is 11.1 Å². The van der Waals surface area contributed by atoms with Crippen LogP contribution < -0.4 is 0 Å². The number of fused-ring (bicyclic) bond motifs is 3. The quantitative estimate of drug-likeness (QED) is 0.258. The molecule has 1 heteroatoms. The van der Waals surface area contributed by atoms with Gasteiger partial charge in [0.1, 0.15) is 0 Å². The molecule has 0 heterocycles. The van der Waals surface area contributed by atoms with Crippen molar-refractivity contribution in [3.05, 3.63) is 115 Å². The molecule has 6 rings (SSSR count). The third-order valence-electron chi connectivity index (χ3n) is 11.4. The molecule has 45 heavy (non-hydrogen) atoms. The molecule has 0 aliphatic heterocycles. The molecular formula is C44H56Zr. The maximum absolute atomic E-state index is 2.77. The zero-order valence-corrected chi connectivity index (χ0v) is 32.5. The molecule has 3 aliphatic carbocycles. The van der Waals surface area contributed by atoms with Crippen LogP contribution in [-0.4, -0.2) is 3.21 Å². The minimum atomic E-state index is -2.59. The Balaban J connectivity index is 1.65. The molecule has 0 bridgehead atoms. The van der Waals surface area contributed by atoms with Crippen LogP contribution in [0.2, 0.25) is 0 Å². The summed E-state index contributed by atoms with van der Waals surface area (Å²) < 4.78 is 3.98. The Kier molecular flexibility index (Phi) is 8.64. The van der Waals surface area contributed by atoms with E-state index in [9.17, 15) is 0 Å². The maximum atomic E-state index is 2.77. The first kappa shape index (κ1) is 32.8. The Labute approximate surface area is 282 Å². The number of benzene rings is 3. The Hall–Kier alpha value is -2.11. The van der Waals surface area contributed by atoms with Gasteiger partial charge < -0.3 is 0 Å². The zero-order chi connectivity index (χ0) is 32.5. The van der Waals surface area contributed by atoms with Gasteiger partial charge in [-0.05, 0) is 0 Å². The number of allylic oxidation sites excluding steroid dienone is 4. The van der Waals surface area contributed by atoms with Gasteiger partial charge >= 0.3 is 284 Å². The van der Waals surface area contributed by atoms with Gasteiger partial charge in [-0.1, -0.05) is 0 Å². The van der Waals surface area contributed by atoms with Crippen molar-refractivity contribution < 1.29 is 21.3 Å². The summed E-state index contributed by atoms with van der Waals surface area (Å²) in [4.78, 5) is 0. The number of hydrogen-bond acceptors (Lipinski definition) is 0. The second-order valence-electron chi connectivity index (χ2n) is 17.0. The number of hydrogen-bond donors (Lipinski definition) is 0. The van der Waals surface area contributed by atoms with Gasteiger partial charge in [-0.15, -0.1) is 0 Å². The second-order valence-corrected chi connectivity index (χ2v) is 23.7. The van der Waals surface area contributed by atoms with Crippen molar-refractivity contribution in [2.24, 2.45) is 11.3 Å². The van der Waals surface area contributed by atoms with Crippen molar-refractivity contribution in [3.8, 4) is 11.1 Å². The molecule has 1 atom stereocenters. The monoisotopic (exact) mass is 674 g/mol. The van der Waals surface area contributed by atoms with Crippen molar-refractivity contribution in [1.29, 1.82) is 0 Å². The molecular weight excluding hydrogens is 620 g/mol. The van der Waals surface area contributed by atoms with Crippen LogP contribution >= 0.6 is 0 Å². The van der Waals surface area contributed by atoms with Crippen molar-refractivity contribution in [1.82, 2.24) is 0 Å². The van der Waals surface area contributed by atoms with Crippen LogP contribution in [0.4, 0.5) is 0 Å². The molecule has 0 amide bonds. The van der Waals surface area contributed by atoms with E-state index in [1.165, 1.54) is 71.0 Å². The minimum absolute atomic E-state index is 0.110. The first-order chi connectivity index (χ1) is 21.1. The topological polar surface area (TPSA) is 0 Å². The van der Waals surface area contributed by atoms with Gasteiger partial charge in [0.15, 0.2) is 0 Å².